The number of hydrogen-bond donors (Lipinski definition) is 1. The lowest BCUT2D eigenvalue weighted by molar-refractivity contribution is -0.150. The van der Waals surface area contributed by atoms with Gasteiger partial charge in [-0.2, -0.15) is 0 Å². The molecular weight excluding hydrogens is 406 g/mol. The molecule has 172 valence electrons. The van der Waals surface area contributed by atoms with E-state index in [-0.39, 0.29) is 11.9 Å². The van der Waals surface area contributed by atoms with Crippen molar-refractivity contribution >= 4 is 12.2 Å². The number of aryl methyl sites for hydroxylation is 1. The van der Waals surface area contributed by atoms with Crippen LogP contribution in [0.3, 0.4) is 0 Å². The van der Waals surface area contributed by atoms with Gasteiger partial charge in [-0.1, -0.05) is 42.5 Å². The Balaban J connectivity index is 1.63. The lowest BCUT2D eigenvalue weighted by Crippen LogP contribution is -2.53. The van der Waals surface area contributed by atoms with E-state index in [4.69, 9.17) is 9.47 Å². The van der Waals surface area contributed by atoms with E-state index >= 15 is 0 Å². The van der Waals surface area contributed by atoms with Gasteiger partial charge in [0.05, 0.1) is 31.8 Å². The summed E-state index contributed by atoms with van der Waals surface area (Å²) in [7, 11) is 0. The van der Waals surface area contributed by atoms with Crippen molar-refractivity contribution in [3.8, 4) is 5.75 Å². The van der Waals surface area contributed by atoms with Crippen LogP contribution < -0.4 is 4.74 Å². The first-order chi connectivity index (χ1) is 15.6. The van der Waals surface area contributed by atoms with Crippen molar-refractivity contribution in [2.24, 2.45) is 5.92 Å². The van der Waals surface area contributed by atoms with E-state index in [9.17, 15) is 14.7 Å². The number of carbonyl (C=O) groups excluding carboxylic acids is 2. The number of carbonyl (C=O) groups is 2. The zero-order chi connectivity index (χ0) is 22.8. The topological polar surface area (TPSA) is 76.1 Å². The number of morpholine rings is 1. The molecule has 0 bridgehead atoms. The highest BCUT2D eigenvalue weighted by molar-refractivity contribution is 5.83. The van der Waals surface area contributed by atoms with Crippen molar-refractivity contribution in [1.29, 1.82) is 0 Å². The molecule has 0 unspecified atom stereocenters. The minimum Gasteiger partial charge on any atom is -0.494 e. The molecule has 2 aromatic carbocycles. The Kier molecular flexibility index (Phi) is 9.26. The Hall–Kier alpha value is -2.70. The SMILES string of the molecule is CCOc1ccc(CCC[C@@H](C(=O)N2CCOC[C@@H]2Cc2ccccc2)[C@H](O)C=O)cc1. The van der Waals surface area contributed by atoms with Gasteiger partial charge in [0.2, 0.25) is 5.91 Å². The molecule has 32 heavy (non-hydrogen) atoms. The van der Waals surface area contributed by atoms with Crippen LogP contribution in [-0.2, 0) is 27.2 Å². The van der Waals surface area contributed by atoms with E-state index in [1.165, 1.54) is 0 Å². The molecule has 1 amide bonds. The van der Waals surface area contributed by atoms with Crippen LogP contribution in [-0.4, -0.2) is 60.7 Å². The first-order valence-corrected chi connectivity index (χ1v) is 11.4. The minimum absolute atomic E-state index is 0.105. The zero-order valence-corrected chi connectivity index (χ0v) is 18.7. The maximum absolute atomic E-state index is 13.4. The molecule has 0 spiro atoms. The Morgan fingerprint density at radius 2 is 1.94 bits per heavy atom. The normalized spacial score (nSPS) is 18.1. The molecular formula is C26H33NO5. The van der Waals surface area contributed by atoms with Crippen LogP contribution >= 0.6 is 0 Å². The molecule has 0 aromatic heterocycles. The Morgan fingerprint density at radius 3 is 2.62 bits per heavy atom. The zero-order valence-electron chi connectivity index (χ0n) is 18.7. The number of aldehydes is 1. The van der Waals surface area contributed by atoms with Crippen molar-refractivity contribution in [3.63, 3.8) is 0 Å². The Bertz CT molecular complexity index is 839. The summed E-state index contributed by atoms with van der Waals surface area (Å²) in [5.41, 5.74) is 2.26. The lowest BCUT2D eigenvalue weighted by atomic mass is 9.92. The highest BCUT2D eigenvalue weighted by atomic mass is 16.5. The number of aliphatic hydroxyl groups excluding tert-OH is 1. The number of amides is 1. The van der Waals surface area contributed by atoms with Gasteiger partial charge in [-0.15, -0.1) is 0 Å². The molecule has 1 aliphatic heterocycles. The van der Waals surface area contributed by atoms with Crippen LogP contribution in [0.2, 0.25) is 0 Å². The summed E-state index contributed by atoms with van der Waals surface area (Å²) in [6.45, 7) is 3.96. The number of hydrogen-bond acceptors (Lipinski definition) is 5. The Morgan fingerprint density at radius 1 is 1.19 bits per heavy atom. The molecule has 1 saturated heterocycles. The third-order valence-electron chi connectivity index (χ3n) is 5.91. The minimum atomic E-state index is -1.30. The van der Waals surface area contributed by atoms with Gasteiger partial charge in [-0.3, -0.25) is 4.79 Å². The molecule has 3 atom stereocenters. The smallest absolute Gasteiger partial charge is 0.229 e. The van der Waals surface area contributed by atoms with Crippen molar-refractivity contribution in [3.05, 3.63) is 65.7 Å². The van der Waals surface area contributed by atoms with Crippen LogP contribution in [0.5, 0.6) is 5.75 Å². The van der Waals surface area contributed by atoms with Crippen LogP contribution in [0.4, 0.5) is 0 Å². The average molecular weight is 440 g/mol. The van der Waals surface area contributed by atoms with Crippen LogP contribution in [0, 0.1) is 5.92 Å². The van der Waals surface area contributed by atoms with Crippen molar-refractivity contribution in [1.82, 2.24) is 4.90 Å². The molecule has 2 aromatic rings. The van der Waals surface area contributed by atoms with Gasteiger partial charge in [0.1, 0.15) is 18.1 Å². The summed E-state index contributed by atoms with van der Waals surface area (Å²) in [5.74, 6) is -0.0791. The molecule has 1 aliphatic rings. The van der Waals surface area contributed by atoms with Crippen molar-refractivity contribution in [2.75, 3.05) is 26.4 Å². The van der Waals surface area contributed by atoms with E-state index < -0.39 is 12.0 Å². The molecule has 0 saturated carbocycles. The number of rotatable bonds is 11. The van der Waals surface area contributed by atoms with Gasteiger partial charge < -0.3 is 24.3 Å². The fraction of sp³-hybridized carbons (Fsp3) is 0.462. The first-order valence-electron chi connectivity index (χ1n) is 11.4. The van der Waals surface area contributed by atoms with E-state index in [1.807, 2.05) is 61.5 Å². The summed E-state index contributed by atoms with van der Waals surface area (Å²) in [6.07, 6.45) is 1.76. The molecule has 0 radical (unpaired) electrons. The lowest BCUT2D eigenvalue weighted by Gasteiger charge is -2.38. The third-order valence-corrected chi connectivity index (χ3v) is 5.91. The van der Waals surface area contributed by atoms with Crippen LogP contribution in [0.15, 0.2) is 54.6 Å². The fourth-order valence-electron chi connectivity index (χ4n) is 4.19. The maximum atomic E-state index is 13.4. The van der Waals surface area contributed by atoms with E-state index in [2.05, 4.69) is 0 Å². The third kappa shape index (κ3) is 6.65. The number of aliphatic hydroxyl groups is 1. The second-order valence-corrected chi connectivity index (χ2v) is 8.15. The van der Waals surface area contributed by atoms with Crippen LogP contribution in [0.25, 0.3) is 0 Å². The monoisotopic (exact) mass is 439 g/mol. The van der Waals surface area contributed by atoms with Crippen molar-refractivity contribution < 1.29 is 24.2 Å². The van der Waals surface area contributed by atoms with Gasteiger partial charge in [-0.05, 0) is 55.9 Å². The maximum Gasteiger partial charge on any atom is 0.229 e. The summed E-state index contributed by atoms with van der Waals surface area (Å²) in [6, 6.07) is 17.8. The largest absolute Gasteiger partial charge is 0.494 e. The highest BCUT2D eigenvalue weighted by Gasteiger charge is 2.35. The number of nitrogens with zero attached hydrogens (tertiary/aromatic N) is 1. The van der Waals surface area contributed by atoms with Crippen LogP contribution in [0.1, 0.15) is 30.9 Å². The van der Waals surface area contributed by atoms with Gasteiger partial charge in [0.15, 0.2) is 0 Å². The summed E-state index contributed by atoms with van der Waals surface area (Å²) in [5, 5.41) is 10.3. The standard InChI is InChI=1S/C26H33NO5/c1-2-32-23-13-11-20(12-14-23)9-6-10-24(25(29)18-28)26(30)27-15-16-31-19-22(27)17-21-7-4-3-5-8-21/h3-5,7-8,11-14,18,22,24-25,29H,2,6,9-10,15-17,19H2,1H3/t22-,24+,25+/m0/s1. The van der Waals surface area contributed by atoms with Gasteiger partial charge in [0.25, 0.3) is 0 Å². The summed E-state index contributed by atoms with van der Waals surface area (Å²) >= 11 is 0. The number of benzene rings is 2. The van der Waals surface area contributed by atoms with Crippen molar-refractivity contribution in [2.45, 2.75) is 44.8 Å². The predicted molar refractivity (Wildman–Crippen MR) is 123 cm³/mol. The second kappa shape index (κ2) is 12.4. The molecule has 6 heteroatoms. The average Bonchev–Trinajstić information content (AvgIpc) is 2.83. The highest BCUT2D eigenvalue weighted by Crippen LogP contribution is 2.22. The molecule has 1 heterocycles. The molecule has 3 rings (SSSR count). The molecule has 0 aliphatic carbocycles. The van der Waals surface area contributed by atoms with E-state index in [1.54, 1.807) is 4.90 Å². The molecule has 6 nitrogen and oxygen atoms in total. The van der Waals surface area contributed by atoms with E-state index in [0.717, 1.165) is 23.3 Å². The summed E-state index contributed by atoms with van der Waals surface area (Å²) in [4.78, 5) is 26.6. The molecule has 1 fully saturated rings. The van der Waals surface area contributed by atoms with Gasteiger partial charge >= 0.3 is 0 Å². The molecule has 1 N–H and O–H groups in total. The second-order valence-electron chi connectivity index (χ2n) is 8.15. The fourth-order valence-corrected chi connectivity index (χ4v) is 4.19. The van der Waals surface area contributed by atoms with E-state index in [0.29, 0.717) is 51.9 Å². The summed E-state index contributed by atoms with van der Waals surface area (Å²) < 4.78 is 11.1. The Labute approximate surface area is 190 Å². The number of ether oxygens (including phenoxy) is 2. The quantitative estimate of drug-likeness (QED) is 0.545. The first kappa shape index (κ1) is 24.0. The van der Waals surface area contributed by atoms with Gasteiger partial charge in [-0.25, -0.2) is 0 Å². The predicted octanol–water partition coefficient (Wildman–Crippen LogP) is 3.05. The van der Waals surface area contributed by atoms with Gasteiger partial charge in [0, 0.05) is 6.54 Å².